The number of ether oxygens (including phenoxy) is 3. The maximum absolute atomic E-state index is 12.7. The highest BCUT2D eigenvalue weighted by molar-refractivity contribution is 5.91. The fourth-order valence-corrected chi connectivity index (χ4v) is 4.30. The van der Waals surface area contributed by atoms with Crippen LogP contribution in [0.15, 0.2) is 60.9 Å². The Morgan fingerprint density at radius 1 is 1.08 bits per heavy atom. The first-order chi connectivity index (χ1) is 19.0. The molecule has 0 aliphatic carbocycles. The Kier molecular flexibility index (Phi) is 9.93. The van der Waals surface area contributed by atoms with Crippen LogP contribution in [0.4, 0.5) is 11.6 Å². The molecule has 1 saturated heterocycles. The summed E-state index contributed by atoms with van der Waals surface area (Å²) in [5.41, 5.74) is 0.817. The zero-order chi connectivity index (χ0) is 27.5. The van der Waals surface area contributed by atoms with Gasteiger partial charge in [-0.2, -0.15) is 0 Å². The summed E-state index contributed by atoms with van der Waals surface area (Å²) in [6.07, 6.45) is 5.75. The molecule has 1 atom stereocenters. The molecule has 2 aromatic carbocycles. The van der Waals surface area contributed by atoms with E-state index in [1.807, 2.05) is 43.3 Å². The molecular formula is C29H34N4O6. The van der Waals surface area contributed by atoms with Crippen LogP contribution in [0.25, 0.3) is 0 Å². The first-order valence-corrected chi connectivity index (χ1v) is 13.2. The number of amides is 1. The van der Waals surface area contributed by atoms with Crippen molar-refractivity contribution in [3.05, 3.63) is 66.5 Å². The van der Waals surface area contributed by atoms with Gasteiger partial charge < -0.3 is 29.5 Å². The number of carboxylic acid groups (broad SMARTS) is 1. The van der Waals surface area contributed by atoms with Crippen molar-refractivity contribution in [3.63, 3.8) is 0 Å². The third kappa shape index (κ3) is 8.59. The van der Waals surface area contributed by atoms with Crippen molar-refractivity contribution >= 4 is 23.5 Å². The molecule has 2 heterocycles. The normalized spacial score (nSPS) is 14.9. The lowest BCUT2D eigenvalue weighted by molar-refractivity contribution is -0.137. The number of anilines is 2. The number of aromatic nitrogens is 2. The number of carbonyl (C=O) groups is 2. The number of hydrogen-bond donors (Lipinski definition) is 2. The SMILES string of the molecule is CCOc1ccccc1OC1CCCN(c2cncc(NC(=O)Cc3ccc(OCCCC(=O)O)cc3)n2)C1. The van der Waals surface area contributed by atoms with E-state index in [0.29, 0.717) is 43.6 Å². The van der Waals surface area contributed by atoms with E-state index >= 15 is 0 Å². The first-order valence-electron chi connectivity index (χ1n) is 13.2. The predicted molar refractivity (Wildman–Crippen MR) is 147 cm³/mol. The van der Waals surface area contributed by atoms with E-state index in [2.05, 4.69) is 20.2 Å². The van der Waals surface area contributed by atoms with Crippen molar-refractivity contribution < 1.29 is 28.9 Å². The first kappa shape index (κ1) is 27.7. The number of hydrogen-bond acceptors (Lipinski definition) is 8. The van der Waals surface area contributed by atoms with Crippen molar-refractivity contribution in [2.75, 3.05) is 36.5 Å². The molecule has 206 valence electrons. The van der Waals surface area contributed by atoms with Gasteiger partial charge in [-0.05, 0) is 56.0 Å². The second-order valence-corrected chi connectivity index (χ2v) is 9.19. The molecule has 3 aromatic rings. The molecule has 0 bridgehead atoms. The lowest BCUT2D eigenvalue weighted by atomic mass is 10.1. The zero-order valence-corrected chi connectivity index (χ0v) is 22.0. The third-order valence-electron chi connectivity index (χ3n) is 6.13. The van der Waals surface area contributed by atoms with E-state index in [1.165, 1.54) is 6.20 Å². The maximum Gasteiger partial charge on any atom is 0.303 e. The van der Waals surface area contributed by atoms with Gasteiger partial charge in [0.15, 0.2) is 17.3 Å². The number of aliphatic carboxylic acids is 1. The van der Waals surface area contributed by atoms with Crippen molar-refractivity contribution in [3.8, 4) is 17.2 Å². The molecule has 1 amide bonds. The van der Waals surface area contributed by atoms with Crippen molar-refractivity contribution in [2.24, 2.45) is 0 Å². The molecule has 10 heteroatoms. The molecular weight excluding hydrogens is 500 g/mol. The molecule has 1 fully saturated rings. The number of nitrogens with one attached hydrogen (secondary N) is 1. The van der Waals surface area contributed by atoms with Crippen molar-refractivity contribution in [2.45, 2.75) is 45.1 Å². The minimum Gasteiger partial charge on any atom is -0.494 e. The average Bonchev–Trinajstić information content (AvgIpc) is 2.93. The summed E-state index contributed by atoms with van der Waals surface area (Å²) in [5, 5.41) is 11.5. The van der Waals surface area contributed by atoms with Gasteiger partial charge in [0.05, 0.1) is 38.6 Å². The summed E-state index contributed by atoms with van der Waals surface area (Å²) in [6, 6.07) is 14.8. The molecule has 2 N–H and O–H groups in total. The summed E-state index contributed by atoms with van der Waals surface area (Å²) in [6.45, 7) is 4.32. The number of carboxylic acids is 1. The van der Waals surface area contributed by atoms with Crippen molar-refractivity contribution in [1.82, 2.24) is 9.97 Å². The number of benzene rings is 2. The van der Waals surface area contributed by atoms with Gasteiger partial charge in [-0.3, -0.25) is 14.6 Å². The summed E-state index contributed by atoms with van der Waals surface area (Å²) < 4.78 is 17.5. The summed E-state index contributed by atoms with van der Waals surface area (Å²) >= 11 is 0. The Hall–Kier alpha value is -4.34. The summed E-state index contributed by atoms with van der Waals surface area (Å²) in [5.74, 6) is 2.13. The van der Waals surface area contributed by atoms with Crippen LogP contribution >= 0.6 is 0 Å². The molecule has 1 aromatic heterocycles. The van der Waals surface area contributed by atoms with Gasteiger partial charge in [-0.1, -0.05) is 24.3 Å². The third-order valence-corrected chi connectivity index (χ3v) is 6.13. The smallest absolute Gasteiger partial charge is 0.303 e. The largest absolute Gasteiger partial charge is 0.494 e. The highest BCUT2D eigenvalue weighted by Gasteiger charge is 2.24. The van der Waals surface area contributed by atoms with Gasteiger partial charge in [0.1, 0.15) is 17.7 Å². The van der Waals surface area contributed by atoms with Gasteiger partial charge in [0.25, 0.3) is 0 Å². The van der Waals surface area contributed by atoms with Gasteiger partial charge in [0, 0.05) is 13.0 Å². The van der Waals surface area contributed by atoms with E-state index in [0.717, 1.165) is 36.4 Å². The molecule has 0 spiro atoms. The van der Waals surface area contributed by atoms with Crippen LogP contribution in [0, 0.1) is 0 Å². The van der Waals surface area contributed by atoms with E-state index in [9.17, 15) is 9.59 Å². The lowest BCUT2D eigenvalue weighted by Crippen LogP contribution is -2.41. The van der Waals surface area contributed by atoms with E-state index in [-0.39, 0.29) is 24.9 Å². The summed E-state index contributed by atoms with van der Waals surface area (Å²) in [4.78, 5) is 34.3. The van der Waals surface area contributed by atoms with Crippen LogP contribution < -0.4 is 24.4 Å². The predicted octanol–water partition coefficient (Wildman–Crippen LogP) is 4.35. The zero-order valence-electron chi connectivity index (χ0n) is 22.0. The molecule has 0 radical (unpaired) electrons. The lowest BCUT2D eigenvalue weighted by Gasteiger charge is -2.33. The molecule has 1 aliphatic rings. The number of piperidine rings is 1. The Balaban J connectivity index is 1.29. The van der Waals surface area contributed by atoms with Crippen LogP contribution in [-0.4, -0.2) is 59.4 Å². The van der Waals surface area contributed by atoms with Gasteiger partial charge >= 0.3 is 5.97 Å². The minimum atomic E-state index is -0.844. The monoisotopic (exact) mass is 534 g/mol. The average molecular weight is 535 g/mol. The fraction of sp³-hybridized carbons (Fsp3) is 0.379. The number of rotatable bonds is 13. The van der Waals surface area contributed by atoms with Crippen LogP contribution in [-0.2, 0) is 16.0 Å². The second kappa shape index (κ2) is 14.0. The van der Waals surface area contributed by atoms with Crippen LogP contribution in [0.5, 0.6) is 17.2 Å². The van der Waals surface area contributed by atoms with Gasteiger partial charge in [-0.25, -0.2) is 4.98 Å². The van der Waals surface area contributed by atoms with E-state index in [1.54, 1.807) is 18.3 Å². The molecule has 1 unspecified atom stereocenters. The molecule has 39 heavy (non-hydrogen) atoms. The maximum atomic E-state index is 12.7. The van der Waals surface area contributed by atoms with Crippen molar-refractivity contribution in [1.29, 1.82) is 0 Å². The number of carbonyl (C=O) groups excluding carboxylic acids is 1. The number of nitrogens with zero attached hydrogens (tertiary/aromatic N) is 3. The Labute approximate surface area is 227 Å². The highest BCUT2D eigenvalue weighted by atomic mass is 16.5. The number of para-hydroxylation sites is 2. The quantitative estimate of drug-likeness (QED) is 0.308. The summed E-state index contributed by atoms with van der Waals surface area (Å²) in [7, 11) is 0. The van der Waals surface area contributed by atoms with Crippen LogP contribution in [0.1, 0.15) is 38.2 Å². The molecule has 10 nitrogen and oxygen atoms in total. The Bertz CT molecular complexity index is 1240. The van der Waals surface area contributed by atoms with E-state index < -0.39 is 5.97 Å². The fourth-order valence-electron chi connectivity index (χ4n) is 4.30. The Morgan fingerprint density at radius 2 is 1.87 bits per heavy atom. The van der Waals surface area contributed by atoms with E-state index in [4.69, 9.17) is 19.3 Å². The molecule has 4 rings (SSSR count). The van der Waals surface area contributed by atoms with Gasteiger partial charge in [-0.15, -0.1) is 0 Å². The minimum absolute atomic E-state index is 0.0236. The molecule has 1 aliphatic heterocycles. The standard InChI is InChI=1S/C29H34N4O6/c1-2-37-24-8-3-4-9-25(24)39-23-7-5-15-33(20-23)27-19-30-18-26(31-27)32-28(34)17-21-11-13-22(14-12-21)38-16-6-10-29(35)36/h3-4,8-9,11-14,18-19,23H,2,5-7,10,15-17,20H2,1H3,(H,35,36)(H,31,32,34). The topological polar surface area (TPSA) is 123 Å². The molecule has 0 saturated carbocycles. The highest BCUT2D eigenvalue weighted by Crippen LogP contribution is 2.30. The van der Waals surface area contributed by atoms with Gasteiger partial charge in [0.2, 0.25) is 5.91 Å². The second-order valence-electron chi connectivity index (χ2n) is 9.19. The van der Waals surface area contributed by atoms with Crippen LogP contribution in [0.2, 0.25) is 0 Å². The Morgan fingerprint density at radius 3 is 2.64 bits per heavy atom. The van der Waals surface area contributed by atoms with Crippen LogP contribution in [0.3, 0.4) is 0 Å².